The van der Waals surface area contributed by atoms with Crippen molar-refractivity contribution in [3.05, 3.63) is 105 Å². The van der Waals surface area contributed by atoms with Crippen LogP contribution in [0.15, 0.2) is 77.9 Å². The first-order chi connectivity index (χ1) is 25.7. The van der Waals surface area contributed by atoms with Crippen molar-refractivity contribution >= 4 is 34.9 Å². The molecule has 3 aliphatic rings. The van der Waals surface area contributed by atoms with Gasteiger partial charge in [-0.2, -0.15) is 0 Å². The van der Waals surface area contributed by atoms with Gasteiger partial charge in [0.25, 0.3) is 5.56 Å². The molecule has 0 radical (unpaired) electrons. The summed E-state index contributed by atoms with van der Waals surface area (Å²) in [5, 5.41) is 13.6. The molecule has 3 aliphatic heterocycles. The highest BCUT2D eigenvalue weighted by Crippen LogP contribution is 2.41. The lowest BCUT2D eigenvalue weighted by molar-refractivity contribution is -0.120. The smallest absolute Gasteiger partial charge is 0.262 e. The molecule has 2 saturated heterocycles. The van der Waals surface area contributed by atoms with Crippen LogP contribution in [0.1, 0.15) is 54.8 Å². The third-order valence-electron chi connectivity index (χ3n) is 10.9. The van der Waals surface area contributed by atoms with Gasteiger partial charge < -0.3 is 26.2 Å². The summed E-state index contributed by atoms with van der Waals surface area (Å²) in [7, 11) is 2.07. The number of fused-ring (bicyclic) bond motifs is 2. The molecule has 0 spiro atoms. The molecule has 0 bridgehead atoms. The predicted molar refractivity (Wildman–Crippen MR) is 208 cm³/mol. The minimum atomic E-state index is -0.119. The van der Waals surface area contributed by atoms with Crippen molar-refractivity contribution in [1.29, 1.82) is 0 Å². The Morgan fingerprint density at radius 3 is 2.34 bits per heavy atom. The van der Waals surface area contributed by atoms with Crippen LogP contribution in [0.2, 0.25) is 5.02 Å². The molecule has 4 N–H and O–H groups in total. The number of hydrogen-bond acceptors (Lipinski definition) is 8. The predicted octanol–water partition coefficient (Wildman–Crippen LogP) is 5.17. The van der Waals surface area contributed by atoms with E-state index in [-0.39, 0.29) is 35.5 Å². The van der Waals surface area contributed by atoms with E-state index in [1.54, 1.807) is 16.8 Å². The summed E-state index contributed by atoms with van der Waals surface area (Å²) in [6.45, 7) is 4.69. The molecule has 3 atom stereocenters. The van der Waals surface area contributed by atoms with E-state index in [4.69, 9.17) is 16.6 Å². The molecule has 0 unspecified atom stereocenters. The molecule has 2 fully saturated rings. The maximum absolute atomic E-state index is 13.3. The Labute approximate surface area is 313 Å². The highest BCUT2D eigenvalue weighted by molar-refractivity contribution is 6.36. The third-order valence-corrected chi connectivity index (χ3v) is 11.3. The Kier molecular flexibility index (Phi) is 9.72. The first-order valence-corrected chi connectivity index (χ1v) is 18.8. The monoisotopic (exact) mass is 730 g/mol. The summed E-state index contributed by atoms with van der Waals surface area (Å²) >= 11 is 7.25. The van der Waals surface area contributed by atoms with Crippen molar-refractivity contribution in [2.45, 2.75) is 63.7 Å². The summed E-state index contributed by atoms with van der Waals surface area (Å²) in [4.78, 5) is 48.5. The lowest BCUT2D eigenvalue weighted by Gasteiger charge is -2.33. The van der Waals surface area contributed by atoms with Gasteiger partial charge in [-0.1, -0.05) is 54.1 Å². The summed E-state index contributed by atoms with van der Waals surface area (Å²) in [6.07, 6.45) is 7.19. The number of hydrogen-bond donors (Lipinski definition) is 4. The zero-order valence-electron chi connectivity index (χ0n) is 29.9. The van der Waals surface area contributed by atoms with Crippen LogP contribution in [0.5, 0.6) is 0 Å². The molecule has 6 heterocycles. The molecule has 0 aliphatic carbocycles. The summed E-state index contributed by atoms with van der Waals surface area (Å²) in [6, 6.07) is 20.8. The Morgan fingerprint density at radius 1 is 0.868 bits per heavy atom. The topological polar surface area (TPSA) is 133 Å². The highest BCUT2D eigenvalue weighted by Gasteiger charge is 2.28. The number of carbonyl (C=O) groups is 2. The van der Waals surface area contributed by atoms with Gasteiger partial charge in [0, 0.05) is 98.8 Å². The number of carbonyl (C=O) groups excluding carboxylic acids is 2. The lowest BCUT2D eigenvalue weighted by atomic mass is 9.91. The van der Waals surface area contributed by atoms with Gasteiger partial charge in [-0.15, -0.1) is 0 Å². The molecule has 2 aromatic carbocycles. The number of aromatic nitrogens is 3. The fourth-order valence-electron chi connectivity index (χ4n) is 7.89. The van der Waals surface area contributed by atoms with E-state index in [0.717, 1.165) is 82.8 Å². The second kappa shape index (κ2) is 14.7. The van der Waals surface area contributed by atoms with Crippen LogP contribution in [0.25, 0.3) is 39.2 Å². The molecule has 8 rings (SSSR count). The van der Waals surface area contributed by atoms with Crippen LogP contribution in [-0.2, 0) is 16.1 Å². The number of benzene rings is 2. The van der Waals surface area contributed by atoms with Crippen LogP contribution in [0.4, 0.5) is 5.82 Å². The number of anilines is 1. The largest absolute Gasteiger partial charge is 0.359 e. The molecule has 272 valence electrons. The van der Waals surface area contributed by atoms with Crippen molar-refractivity contribution in [2.24, 2.45) is 0 Å². The summed E-state index contributed by atoms with van der Waals surface area (Å²) in [5.41, 5.74) is 8.80. The number of rotatable bonds is 10. The number of halogens is 1. The number of amides is 2. The van der Waals surface area contributed by atoms with Gasteiger partial charge in [-0.25, -0.2) is 9.97 Å². The van der Waals surface area contributed by atoms with E-state index in [0.29, 0.717) is 42.2 Å². The Hall–Kier alpha value is -5.10. The number of pyridine rings is 2. The summed E-state index contributed by atoms with van der Waals surface area (Å²) in [5.74, 6) is 1.14. The zero-order valence-corrected chi connectivity index (χ0v) is 30.7. The van der Waals surface area contributed by atoms with Crippen molar-refractivity contribution in [2.75, 3.05) is 31.6 Å². The van der Waals surface area contributed by atoms with Crippen LogP contribution in [-0.4, -0.2) is 64.9 Å². The molecule has 12 heteroatoms. The molecule has 11 nitrogen and oxygen atoms in total. The van der Waals surface area contributed by atoms with Crippen molar-refractivity contribution in [3.8, 4) is 33.5 Å². The fraction of sp³-hybridized carbons (Fsp3) is 0.341. The number of nitrogens with zero attached hydrogens (tertiary/aromatic N) is 4. The Bertz CT molecular complexity index is 2290. The second-order valence-corrected chi connectivity index (χ2v) is 14.8. The Morgan fingerprint density at radius 2 is 1.58 bits per heavy atom. The second-order valence-electron chi connectivity index (χ2n) is 14.4. The molecular formula is C41H43ClN8O3. The fourth-order valence-corrected chi connectivity index (χ4v) is 8.21. The molecule has 3 aromatic heterocycles. The maximum atomic E-state index is 13.3. The molecule has 0 saturated carbocycles. The van der Waals surface area contributed by atoms with Crippen LogP contribution < -0.4 is 31.7 Å². The van der Waals surface area contributed by atoms with E-state index in [1.165, 1.54) is 0 Å². The molecule has 5 aromatic rings. The van der Waals surface area contributed by atoms with Crippen molar-refractivity contribution in [3.63, 3.8) is 0 Å². The lowest BCUT2D eigenvalue weighted by Crippen LogP contribution is -2.40. The first kappa shape index (κ1) is 35.0. The normalized spacial score (nSPS) is 19.8. The van der Waals surface area contributed by atoms with Gasteiger partial charge in [0.2, 0.25) is 11.8 Å². The summed E-state index contributed by atoms with van der Waals surface area (Å²) < 4.78 is 1.58. The van der Waals surface area contributed by atoms with E-state index < -0.39 is 0 Å². The maximum Gasteiger partial charge on any atom is 0.262 e. The standard InChI is InChI=1S/C41H43ClN8O3/c1-24-29(25-15-18-50-36(19-25)45-21-26(41(50)53)20-43-22-27-9-13-37(51)46-27)5-3-6-30(24)31-7-4-8-32(39(31)42)35-12-11-33-34(16-17-49(2)40(33)48-35)44-23-28-10-14-38(52)47-28/h3-8,11-12,15,18-19,21,27-28,34,43-44H,9-10,13-14,16-17,20,22-23H2,1-2H3,(H,46,51)(H,47,52)/t27-,28-,34-/m0/s1. The molecule has 53 heavy (non-hydrogen) atoms. The van der Waals surface area contributed by atoms with Crippen LogP contribution in [0.3, 0.4) is 0 Å². The Balaban J connectivity index is 1.03. The number of nitrogens with one attached hydrogen (secondary N) is 4. The van der Waals surface area contributed by atoms with Gasteiger partial charge in [-0.05, 0) is 66.6 Å². The average Bonchev–Trinajstić information content (AvgIpc) is 3.79. The van der Waals surface area contributed by atoms with Gasteiger partial charge in [-0.3, -0.25) is 18.8 Å². The van der Waals surface area contributed by atoms with E-state index in [9.17, 15) is 14.4 Å². The SMILES string of the molecule is Cc1c(-c2ccn3c(=O)c(CNC[C@@H]4CCC(=O)N4)cnc3c2)cccc1-c1cccc(-c2ccc3c(n2)N(C)CC[C@@H]3NC[C@@H]2CCC(=O)N2)c1Cl. The van der Waals surface area contributed by atoms with Crippen molar-refractivity contribution < 1.29 is 9.59 Å². The van der Waals surface area contributed by atoms with E-state index >= 15 is 0 Å². The zero-order chi connectivity index (χ0) is 36.6. The first-order valence-electron chi connectivity index (χ1n) is 18.4. The van der Waals surface area contributed by atoms with Gasteiger partial charge in [0.1, 0.15) is 11.5 Å². The van der Waals surface area contributed by atoms with Crippen LogP contribution in [0, 0.1) is 6.92 Å². The molecular weight excluding hydrogens is 688 g/mol. The van der Waals surface area contributed by atoms with Crippen molar-refractivity contribution in [1.82, 2.24) is 35.6 Å². The van der Waals surface area contributed by atoms with E-state index in [1.807, 2.05) is 36.4 Å². The average molecular weight is 731 g/mol. The minimum Gasteiger partial charge on any atom is -0.359 e. The molecule has 2 amide bonds. The van der Waals surface area contributed by atoms with Gasteiger partial charge in [0.05, 0.1) is 10.7 Å². The minimum absolute atomic E-state index is 0.0741. The van der Waals surface area contributed by atoms with Gasteiger partial charge in [0.15, 0.2) is 0 Å². The third kappa shape index (κ3) is 7.04. The highest BCUT2D eigenvalue weighted by atomic mass is 35.5. The van der Waals surface area contributed by atoms with Crippen LogP contribution >= 0.6 is 11.6 Å². The van der Waals surface area contributed by atoms with E-state index in [2.05, 4.69) is 69.4 Å². The van der Waals surface area contributed by atoms with Gasteiger partial charge >= 0.3 is 0 Å². The quantitative estimate of drug-likeness (QED) is 0.155.